The lowest BCUT2D eigenvalue weighted by Crippen LogP contribution is -2.36. The predicted octanol–water partition coefficient (Wildman–Crippen LogP) is 1.35. The SMILES string of the molecule is CN(Cc1ccccc1Br)C(=O)CCNC1=NCCN1. The summed E-state index contributed by atoms with van der Waals surface area (Å²) in [5, 5.41) is 6.24. The Kier molecular flexibility index (Phi) is 5.40. The normalized spacial score (nSPS) is 13.6. The molecule has 1 aromatic rings. The van der Waals surface area contributed by atoms with Gasteiger partial charge in [-0.3, -0.25) is 9.79 Å². The average Bonchev–Trinajstić information content (AvgIpc) is 2.94. The van der Waals surface area contributed by atoms with Crippen molar-refractivity contribution in [2.45, 2.75) is 13.0 Å². The van der Waals surface area contributed by atoms with Gasteiger partial charge >= 0.3 is 0 Å². The average molecular weight is 339 g/mol. The Morgan fingerprint density at radius 1 is 1.50 bits per heavy atom. The molecule has 1 aromatic carbocycles. The molecule has 0 saturated heterocycles. The van der Waals surface area contributed by atoms with Crippen LogP contribution in [0.25, 0.3) is 0 Å². The topological polar surface area (TPSA) is 56.7 Å². The lowest BCUT2D eigenvalue weighted by atomic mass is 10.2. The highest BCUT2D eigenvalue weighted by atomic mass is 79.9. The van der Waals surface area contributed by atoms with Crippen LogP contribution in [0.4, 0.5) is 0 Å². The van der Waals surface area contributed by atoms with E-state index in [0.717, 1.165) is 29.1 Å². The quantitative estimate of drug-likeness (QED) is 0.851. The number of hydrogen-bond acceptors (Lipinski definition) is 4. The first-order chi connectivity index (χ1) is 9.66. The molecule has 5 nitrogen and oxygen atoms in total. The van der Waals surface area contributed by atoms with Gasteiger partial charge in [0.05, 0.1) is 6.54 Å². The van der Waals surface area contributed by atoms with Gasteiger partial charge in [-0.1, -0.05) is 34.1 Å². The third kappa shape index (κ3) is 4.23. The summed E-state index contributed by atoms with van der Waals surface area (Å²) in [5.41, 5.74) is 1.11. The summed E-state index contributed by atoms with van der Waals surface area (Å²) in [6.45, 7) is 2.89. The summed E-state index contributed by atoms with van der Waals surface area (Å²) in [5.74, 6) is 0.915. The summed E-state index contributed by atoms with van der Waals surface area (Å²) < 4.78 is 1.03. The molecule has 0 unspecified atom stereocenters. The van der Waals surface area contributed by atoms with Crippen molar-refractivity contribution in [2.75, 3.05) is 26.7 Å². The molecule has 0 radical (unpaired) electrons. The van der Waals surface area contributed by atoms with Gasteiger partial charge in [-0.2, -0.15) is 0 Å². The number of nitrogens with zero attached hydrogens (tertiary/aromatic N) is 2. The van der Waals surface area contributed by atoms with Crippen molar-refractivity contribution >= 4 is 27.8 Å². The van der Waals surface area contributed by atoms with Crippen LogP contribution in [0, 0.1) is 0 Å². The molecule has 0 aliphatic carbocycles. The van der Waals surface area contributed by atoms with Crippen molar-refractivity contribution in [3.05, 3.63) is 34.3 Å². The van der Waals surface area contributed by atoms with Gasteiger partial charge < -0.3 is 15.5 Å². The van der Waals surface area contributed by atoms with Crippen LogP contribution < -0.4 is 10.6 Å². The van der Waals surface area contributed by atoms with Gasteiger partial charge in [0.25, 0.3) is 0 Å². The third-order valence-corrected chi connectivity index (χ3v) is 3.87. The van der Waals surface area contributed by atoms with Crippen LogP contribution in [0.5, 0.6) is 0 Å². The molecule has 0 bridgehead atoms. The minimum Gasteiger partial charge on any atom is -0.356 e. The smallest absolute Gasteiger partial charge is 0.224 e. The maximum Gasteiger partial charge on any atom is 0.224 e. The van der Waals surface area contributed by atoms with Crippen molar-refractivity contribution in [3.8, 4) is 0 Å². The first-order valence-electron chi connectivity index (χ1n) is 6.66. The van der Waals surface area contributed by atoms with E-state index in [1.165, 1.54) is 0 Å². The van der Waals surface area contributed by atoms with E-state index in [4.69, 9.17) is 0 Å². The van der Waals surface area contributed by atoms with Gasteiger partial charge in [-0.25, -0.2) is 0 Å². The Hall–Kier alpha value is -1.56. The molecular weight excluding hydrogens is 320 g/mol. The number of rotatable bonds is 5. The van der Waals surface area contributed by atoms with E-state index in [1.807, 2.05) is 31.3 Å². The molecular formula is C14H19BrN4O. The van der Waals surface area contributed by atoms with E-state index < -0.39 is 0 Å². The second-order valence-corrected chi connectivity index (χ2v) is 5.53. The second-order valence-electron chi connectivity index (χ2n) is 4.68. The standard InChI is InChI=1S/C14H19BrN4O/c1-19(10-11-4-2-3-5-12(11)15)13(20)6-7-16-14-17-8-9-18-14/h2-5H,6-10H2,1H3,(H2,16,17,18). The minimum absolute atomic E-state index is 0.117. The largest absolute Gasteiger partial charge is 0.356 e. The zero-order valence-electron chi connectivity index (χ0n) is 11.5. The lowest BCUT2D eigenvalue weighted by Gasteiger charge is -2.18. The molecule has 2 N–H and O–H groups in total. The Bertz CT molecular complexity index is 504. The van der Waals surface area contributed by atoms with Crippen LogP contribution >= 0.6 is 15.9 Å². The van der Waals surface area contributed by atoms with Crippen LogP contribution in [0.1, 0.15) is 12.0 Å². The van der Waals surface area contributed by atoms with Crippen LogP contribution in [0.15, 0.2) is 33.7 Å². The zero-order chi connectivity index (χ0) is 14.4. The molecule has 20 heavy (non-hydrogen) atoms. The number of nitrogens with one attached hydrogen (secondary N) is 2. The van der Waals surface area contributed by atoms with Crippen LogP contribution in [0.2, 0.25) is 0 Å². The van der Waals surface area contributed by atoms with E-state index in [-0.39, 0.29) is 5.91 Å². The van der Waals surface area contributed by atoms with Crippen molar-refractivity contribution in [1.29, 1.82) is 0 Å². The Morgan fingerprint density at radius 2 is 2.30 bits per heavy atom. The maximum atomic E-state index is 12.0. The van der Waals surface area contributed by atoms with E-state index in [2.05, 4.69) is 31.6 Å². The Balaban J connectivity index is 1.75. The van der Waals surface area contributed by atoms with Gasteiger partial charge in [-0.05, 0) is 11.6 Å². The van der Waals surface area contributed by atoms with E-state index >= 15 is 0 Å². The lowest BCUT2D eigenvalue weighted by molar-refractivity contribution is -0.130. The molecule has 1 amide bonds. The summed E-state index contributed by atoms with van der Waals surface area (Å²) in [7, 11) is 1.83. The third-order valence-electron chi connectivity index (χ3n) is 3.10. The molecule has 6 heteroatoms. The number of halogens is 1. The first-order valence-corrected chi connectivity index (χ1v) is 7.45. The van der Waals surface area contributed by atoms with Crippen molar-refractivity contribution in [2.24, 2.45) is 4.99 Å². The summed E-state index contributed by atoms with van der Waals surface area (Å²) in [4.78, 5) is 18.0. The van der Waals surface area contributed by atoms with Gasteiger partial charge in [0.1, 0.15) is 0 Å². The molecule has 0 saturated carbocycles. The fourth-order valence-corrected chi connectivity index (χ4v) is 2.38. The predicted molar refractivity (Wildman–Crippen MR) is 83.5 cm³/mol. The minimum atomic E-state index is 0.117. The Labute approximate surface area is 127 Å². The van der Waals surface area contributed by atoms with E-state index in [9.17, 15) is 4.79 Å². The Morgan fingerprint density at radius 3 is 3.00 bits per heavy atom. The summed E-state index contributed by atoms with van der Waals surface area (Å²) in [6.07, 6.45) is 0.460. The fourth-order valence-electron chi connectivity index (χ4n) is 1.97. The molecule has 2 rings (SSSR count). The van der Waals surface area contributed by atoms with Crippen molar-refractivity contribution < 1.29 is 4.79 Å². The summed E-state index contributed by atoms with van der Waals surface area (Å²) >= 11 is 3.50. The molecule has 1 aliphatic heterocycles. The fraction of sp³-hybridized carbons (Fsp3) is 0.429. The van der Waals surface area contributed by atoms with E-state index in [0.29, 0.717) is 19.5 Å². The number of hydrogen-bond donors (Lipinski definition) is 2. The first kappa shape index (κ1) is 14.8. The number of guanidine groups is 1. The van der Waals surface area contributed by atoms with E-state index in [1.54, 1.807) is 4.90 Å². The molecule has 0 atom stereocenters. The van der Waals surface area contributed by atoms with Crippen LogP contribution in [0.3, 0.4) is 0 Å². The number of aliphatic imine (C=N–C) groups is 1. The van der Waals surface area contributed by atoms with Crippen LogP contribution in [-0.4, -0.2) is 43.4 Å². The van der Waals surface area contributed by atoms with Crippen molar-refractivity contribution in [3.63, 3.8) is 0 Å². The molecule has 0 spiro atoms. The number of carbonyl (C=O) groups is 1. The van der Waals surface area contributed by atoms with Gasteiger partial charge in [0.2, 0.25) is 5.91 Å². The molecule has 1 aliphatic rings. The number of benzene rings is 1. The number of carbonyl (C=O) groups excluding carboxylic acids is 1. The van der Waals surface area contributed by atoms with Gasteiger partial charge in [0, 0.05) is 37.6 Å². The monoisotopic (exact) mass is 338 g/mol. The molecule has 1 heterocycles. The van der Waals surface area contributed by atoms with Gasteiger partial charge in [0.15, 0.2) is 5.96 Å². The number of amides is 1. The highest BCUT2D eigenvalue weighted by Gasteiger charge is 2.11. The molecule has 0 fully saturated rings. The van der Waals surface area contributed by atoms with Crippen molar-refractivity contribution in [1.82, 2.24) is 15.5 Å². The second kappa shape index (κ2) is 7.28. The highest BCUT2D eigenvalue weighted by Crippen LogP contribution is 2.17. The maximum absolute atomic E-state index is 12.0. The van der Waals surface area contributed by atoms with Crippen LogP contribution in [-0.2, 0) is 11.3 Å². The van der Waals surface area contributed by atoms with Gasteiger partial charge in [-0.15, -0.1) is 0 Å². The zero-order valence-corrected chi connectivity index (χ0v) is 13.1. The molecule has 0 aromatic heterocycles. The summed E-state index contributed by atoms with van der Waals surface area (Å²) in [6, 6.07) is 7.95. The highest BCUT2D eigenvalue weighted by molar-refractivity contribution is 9.10. The molecule has 108 valence electrons.